The summed E-state index contributed by atoms with van der Waals surface area (Å²) in [5.74, 6) is 2.28. The van der Waals surface area contributed by atoms with Crippen LogP contribution in [0.2, 0.25) is 0 Å². The van der Waals surface area contributed by atoms with Gasteiger partial charge in [0.15, 0.2) is 5.82 Å². The van der Waals surface area contributed by atoms with Gasteiger partial charge in [0, 0.05) is 73.0 Å². The lowest BCUT2D eigenvalue weighted by molar-refractivity contribution is -0.117. The second kappa shape index (κ2) is 11.8. The lowest BCUT2D eigenvalue weighted by atomic mass is 10.1. The summed E-state index contributed by atoms with van der Waals surface area (Å²) in [6.45, 7) is 7.62. The van der Waals surface area contributed by atoms with E-state index in [0.717, 1.165) is 70.5 Å². The molecule has 0 spiro atoms. The van der Waals surface area contributed by atoms with E-state index in [9.17, 15) is 4.79 Å². The Morgan fingerprint density at radius 1 is 1.07 bits per heavy atom. The molecule has 4 aromatic heterocycles. The maximum absolute atomic E-state index is 13.2. The minimum absolute atomic E-state index is 0.0354. The van der Waals surface area contributed by atoms with Gasteiger partial charge < -0.3 is 25.7 Å². The molecule has 13 heteroatoms. The molecular weight excluding hydrogens is 570 g/mol. The molecule has 1 atom stereocenters. The Kier molecular flexibility index (Phi) is 7.53. The number of carbonyl (C=O) groups is 1. The smallest absolute Gasteiger partial charge is 0.238 e. The normalized spacial score (nSPS) is 16.7. The average molecular weight is 608 g/mol. The highest BCUT2D eigenvalue weighted by Gasteiger charge is 2.27. The standard InChI is InChI=1S/C32H37N11O2/c1-18-13-34-32(38-26-12-20(3)42(4)41-26)39-28(18)24-15-33-29-23(24)6-5-7-25(29)37-27(44)17-43-11-10-22(16-43)45-30-19(2)14-35-31(40-30)36-21-8-9-21/h5-7,12-15,21-22,33H,8-11,16-17H2,1-4H3,(H,37,44)(H,35,36,40)(H,34,38,39,41). The van der Waals surface area contributed by atoms with Crippen molar-refractivity contribution in [1.82, 2.24) is 39.6 Å². The highest BCUT2D eigenvalue weighted by Crippen LogP contribution is 2.34. The second-order valence-electron chi connectivity index (χ2n) is 12.0. The molecule has 1 aliphatic carbocycles. The first-order valence-corrected chi connectivity index (χ1v) is 15.3. The summed E-state index contributed by atoms with van der Waals surface area (Å²) in [7, 11) is 1.89. The quantitative estimate of drug-likeness (QED) is 0.179. The summed E-state index contributed by atoms with van der Waals surface area (Å²) >= 11 is 0. The largest absolute Gasteiger partial charge is 0.473 e. The average Bonchev–Trinajstić information content (AvgIpc) is 3.38. The highest BCUT2D eigenvalue weighted by molar-refractivity contribution is 6.06. The summed E-state index contributed by atoms with van der Waals surface area (Å²) in [5, 5.41) is 15.0. The van der Waals surface area contributed by atoms with Gasteiger partial charge in [0.25, 0.3) is 0 Å². The van der Waals surface area contributed by atoms with E-state index in [0.29, 0.717) is 36.2 Å². The van der Waals surface area contributed by atoms with Crippen LogP contribution in [0.25, 0.3) is 22.2 Å². The Bertz CT molecular complexity index is 1860. The van der Waals surface area contributed by atoms with Crippen molar-refractivity contribution < 1.29 is 9.53 Å². The number of anilines is 4. The molecule has 1 saturated heterocycles. The number of nitrogens with zero attached hydrogens (tertiary/aromatic N) is 7. The fourth-order valence-electron chi connectivity index (χ4n) is 5.58. The first kappa shape index (κ1) is 28.7. The molecule has 4 N–H and O–H groups in total. The van der Waals surface area contributed by atoms with E-state index < -0.39 is 0 Å². The van der Waals surface area contributed by atoms with Crippen molar-refractivity contribution in [3.63, 3.8) is 0 Å². The maximum atomic E-state index is 13.2. The number of hydrogen-bond donors (Lipinski definition) is 4. The van der Waals surface area contributed by atoms with Crippen LogP contribution in [0.5, 0.6) is 5.88 Å². The molecule has 7 rings (SSSR count). The number of ether oxygens (including phenoxy) is 1. The van der Waals surface area contributed by atoms with Crippen molar-refractivity contribution in [1.29, 1.82) is 0 Å². The van der Waals surface area contributed by atoms with Gasteiger partial charge in [-0.3, -0.25) is 14.4 Å². The molecule has 45 heavy (non-hydrogen) atoms. The third-order valence-corrected chi connectivity index (χ3v) is 8.28. The van der Waals surface area contributed by atoms with E-state index in [1.165, 1.54) is 0 Å². The Labute approximate surface area is 260 Å². The molecule has 0 bridgehead atoms. The van der Waals surface area contributed by atoms with Crippen LogP contribution < -0.4 is 20.7 Å². The van der Waals surface area contributed by atoms with E-state index in [1.54, 1.807) is 17.1 Å². The van der Waals surface area contributed by atoms with Gasteiger partial charge in [0.2, 0.25) is 23.7 Å². The van der Waals surface area contributed by atoms with Crippen molar-refractivity contribution in [3.8, 4) is 17.1 Å². The Balaban J connectivity index is 1.01. The maximum Gasteiger partial charge on any atom is 0.238 e. The lowest BCUT2D eigenvalue weighted by Gasteiger charge is -2.17. The summed E-state index contributed by atoms with van der Waals surface area (Å²) in [6.07, 6.45) is 8.62. The molecule has 1 aliphatic heterocycles. The zero-order valence-corrected chi connectivity index (χ0v) is 25.9. The minimum atomic E-state index is -0.0798. The SMILES string of the molecule is Cc1cnc(NC2CC2)nc1OC1CCN(CC(=O)Nc2cccc3c(-c4nc(Nc5cc(C)n(C)n5)ncc4C)c[nH]c23)C1. The number of carbonyl (C=O) groups excluding carboxylic acids is 1. The summed E-state index contributed by atoms with van der Waals surface area (Å²) in [6, 6.07) is 8.29. The van der Waals surface area contributed by atoms with Crippen molar-refractivity contribution >= 4 is 40.2 Å². The molecule has 2 aliphatic rings. The number of para-hydroxylation sites is 1. The minimum Gasteiger partial charge on any atom is -0.473 e. The van der Waals surface area contributed by atoms with Gasteiger partial charge in [-0.2, -0.15) is 10.1 Å². The molecule has 232 valence electrons. The van der Waals surface area contributed by atoms with Gasteiger partial charge in [0.1, 0.15) is 6.10 Å². The Hall–Kier alpha value is -5.04. The van der Waals surface area contributed by atoms with Gasteiger partial charge in [-0.25, -0.2) is 15.0 Å². The van der Waals surface area contributed by atoms with Crippen molar-refractivity contribution in [2.24, 2.45) is 7.05 Å². The van der Waals surface area contributed by atoms with E-state index >= 15 is 0 Å². The van der Waals surface area contributed by atoms with Crippen LogP contribution in [-0.2, 0) is 11.8 Å². The predicted octanol–water partition coefficient (Wildman–Crippen LogP) is 4.48. The third-order valence-electron chi connectivity index (χ3n) is 8.28. The first-order chi connectivity index (χ1) is 21.8. The highest BCUT2D eigenvalue weighted by atomic mass is 16.5. The lowest BCUT2D eigenvalue weighted by Crippen LogP contribution is -2.33. The van der Waals surface area contributed by atoms with E-state index in [-0.39, 0.29) is 18.6 Å². The number of rotatable bonds is 10. The van der Waals surface area contributed by atoms with Crippen LogP contribution in [0.3, 0.4) is 0 Å². The van der Waals surface area contributed by atoms with Crippen molar-refractivity contribution in [3.05, 3.63) is 59.7 Å². The van der Waals surface area contributed by atoms with Crippen molar-refractivity contribution in [2.75, 3.05) is 35.6 Å². The Morgan fingerprint density at radius 2 is 1.89 bits per heavy atom. The fourth-order valence-corrected chi connectivity index (χ4v) is 5.58. The van der Waals surface area contributed by atoms with Gasteiger partial charge >= 0.3 is 0 Å². The second-order valence-corrected chi connectivity index (χ2v) is 12.0. The molecule has 5 heterocycles. The van der Waals surface area contributed by atoms with E-state index in [2.05, 4.69) is 45.9 Å². The van der Waals surface area contributed by atoms with Crippen LogP contribution in [0.1, 0.15) is 36.1 Å². The number of hydrogen-bond acceptors (Lipinski definition) is 10. The predicted molar refractivity (Wildman–Crippen MR) is 173 cm³/mol. The summed E-state index contributed by atoms with van der Waals surface area (Å²) in [4.78, 5) is 36.9. The van der Waals surface area contributed by atoms with Crippen LogP contribution in [0.4, 0.5) is 23.4 Å². The number of benzene rings is 1. The molecule has 1 amide bonds. The Morgan fingerprint density at radius 3 is 2.69 bits per heavy atom. The van der Waals surface area contributed by atoms with Gasteiger partial charge in [-0.1, -0.05) is 12.1 Å². The number of aryl methyl sites for hydroxylation is 4. The third kappa shape index (κ3) is 6.29. The van der Waals surface area contributed by atoms with Crippen LogP contribution >= 0.6 is 0 Å². The van der Waals surface area contributed by atoms with E-state index in [1.807, 2.05) is 58.3 Å². The molecule has 1 aromatic carbocycles. The van der Waals surface area contributed by atoms with Gasteiger partial charge in [0.05, 0.1) is 23.4 Å². The van der Waals surface area contributed by atoms with Crippen LogP contribution in [0.15, 0.2) is 42.9 Å². The zero-order chi connectivity index (χ0) is 31.1. The van der Waals surface area contributed by atoms with Crippen molar-refractivity contribution in [2.45, 2.75) is 52.2 Å². The number of amides is 1. The summed E-state index contributed by atoms with van der Waals surface area (Å²) in [5.41, 5.74) is 6.15. The number of fused-ring (bicyclic) bond motifs is 1. The zero-order valence-electron chi connectivity index (χ0n) is 25.9. The molecule has 2 fully saturated rings. The molecular formula is C32H37N11O2. The number of likely N-dealkylation sites (tertiary alicyclic amines) is 1. The molecule has 13 nitrogen and oxygen atoms in total. The van der Waals surface area contributed by atoms with Gasteiger partial charge in [-0.15, -0.1) is 0 Å². The topological polar surface area (TPSA) is 151 Å². The molecule has 5 aromatic rings. The summed E-state index contributed by atoms with van der Waals surface area (Å²) < 4.78 is 8.05. The number of nitrogens with one attached hydrogen (secondary N) is 4. The molecule has 1 saturated carbocycles. The first-order valence-electron chi connectivity index (χ1n) is 15.3. The molecule has 1 unspecified atom stereocenters. The number of aromatic amines is 1. The van der Waals surface area contributed by atoms with Crippen LogP contribution in [0, 0.1) is 20.8 Å². The number of H-pyrrole nitrogens is 1. The number of aromatic nitrogens is 7. The van der Waals surface area contributed by atoms with Gasteiger partial charge in [-0.05, 0) is 51.7 Å². The fraction of sp³-hybridized carbons (Fsp3) is 0.375. The van der Waals surface area contributed by atoms with Crippen LogP contribution in [-0.4, -0.2) is 77.3 Å². The van der Waals surface area contributed by atoms with E-state index in [4.69, 9.17) is 9.72 Å². The monoisotopic (exact) mass is 607 g/mol. The molecule has 0 radical (unpaired) electrons.